The first-order valence-corrected chi connectivity index (χ1v) is 15.0. The van der Waals surface area contributed by atoms with Crippen LogP contribution in [0.3, 0.4) is 0 Å². The third kappa shape index (κ3) is 17.7. The summed E-state index contributed by atoms with van der Waals surface area (Å²) in [5, 5.41) is 0. The molecule has 0 aliphatic rings. The van der Waals surface area contributed by atoms with Crippen molar-refractivity contribution in [2.24, 2.45) is 11.8 Å². The van der Waals surface area contributed by atoms with Crippen molar-refractivity contribution >= 4 is 27.6 Å². The SMILES string of the molecule is CC(C)C[Te+](C/C=C/[Si](C)(C)C)CC(C)C.[Br-].[Br-]. The molecule has 18 heavy (non-hydrogen) atoms. The summed E-state index contributed by atoms with van der Waals surface area (Å²) in [4.78, 5) is 0. The van der Waals surface area contributed by atoms with E-state index in [1.807, 2.05) is 0 Å². The molecule has 112 valence electrons. The molecule has 0 atom stereocenters. The summed E-state index contributed by atoms with van der Waals surface area (Å²) in [6.45, 7) is 16.8. The van der Waals surface area contributed by atoms with Gasteiger partial charge in [-0.05, 0) is 0 Å². The van der Waals surface area contributed by atoms with Crippen LogP contribution < -0.4 is 34.0 Å². The third-order valence-corrected chi connectivity index (χ3v) is 11.7. The standard InChI is InChI=1S/C14H31SiTe.2BrH/c1-13(2)11-16(12-14(3)4)10-8-9-15(5,6)7;;/h8-9,13-14H,10-12H2,1-7H3;2*1H/q+1;;/p-2/b9-8+;;. The zero-order valence-electron chi connectivity index (χ0n) is 13.1. The summed E-state index contributed by atoms with van der Waals surface area (Å²) >= 11 is -0.817. The maximum absolute atomic E-state index is 2.54. The average Bonchev–Trinajstić information content (AvgIpc) is 1.98. The van der Waals surface area contributed by atoms with Gasteiger partial charge in [0.2, 0.25) is 0 Å². The molecule has 0 aromatic rings. The molecular weight excluding hydrogens is 484 g/mol. The van der Waals surface area contributed by atoms with E-state index >= 15 is 0 Å². The second kappa shape index (κ2) is 12.4. The van der Waals surface area contributed by atoms with Gasteiger partial charge in [-0.2, -0.15) is 0 Å². The van der Waals surface area contributed by atoms with Gasteiger partial charge in [0, 0.05) is 0 Å². The molecule has 0 aliphatic heterocycles. The Morgan fingerprint density at radius 2 is 1.28 bits per heavy atom. The first-order chi connectivity index (χ1) is 7.20. The van der Waals surface area contributed by atoms with E-state index in [4.69, 9.17) is 0 Å². The summed E-state index contributed by atoms with van der Waals surface area (Å²) in [6.07, 6.45) is 2.54. The van der Waals surface area contributed by atoms with Gasteiger partial charge >= 0.3 is 112 Å². The molecule has 0 unspecified atom stereocenters. The number of allylic oxidation sites excluding steroid dienone is 1. The van der Waals surface area contributed by atoms with E-state index in [1.54, 1.807) is 8.94 Å². The van der Waals surface area contributed by atoms with Crippen molar-refractivity contribution in [3.05, 3.63) is 11.8 Å². The molecule has 0 N–H and O–H groups in total. The van der Waals surface area contributed by atoms with Crippen molar-refractivity contribution in [3.8, 4) is 0 Å². The fourth-order valence-electron chi connectivity index (χ4n) is 1.68. The number of rotatable bonds is 7. The molecule has 0 bridgehead atoms. The van der Waals surface area contributed by atoms with Crippen molar-refractivity contribution in [1.82, 2.24) is 0 Å². The van der Waals surface area contributed by atoms with Gasteiger partial charge in [0.15, 0.2) is 0 Å². The van der Waals surface area contributed by atoms with Gasteiger partial charge in [-0.3, -0.25) is 0 Å². The molecule has 0 amide bonds. The summed E-state index contributed by atoms with van der Waals surface area (Å²) in [7, 11) is -0.957. The Morgan fingerprint density at radius 3 is 1.56 bits per heavy atom. The molecule has 0 rings (SSSR count). The summed E-state index contributed by atoms with van der Waals surface area (Å²) in [5.41, 5.74) is 2.54. The minimum absolute atomic E-state index is 0. The van der Waals surface area contributed by atoms with Crippen molar-refractivity contribution in [3.63, 3.8) is 0 Å². The maximum atomic E-state index is 2.54. The van der Waals surface area contributed by atoms with Gasteiger partial charge in [0.05, 0.1) is 0 Å². The van der Waals surface area contributed by atoms with E-state index < -0.39 is 27.6 Å². The second-order valence-corrected chi connectivity index (χ2v) is 18.1. The summed E-state index contributed by atoms with van der Waals surface area (Å²) in [6, 6.07) is 0. The zero-order valence-corrected chi connectivity index (χ0v) is 19.6. The number of hydrogen-bond donors (Lipinski definition) is 0. The minimum Gasteiger partial charge on any atom is -1.00 e. The van der Waals surface area contributed by atoms with Crippen molar-refractivity contribution in [2.75, 3.05) is 0 Å². The van der Waals surface area contributed by atoms with Crippen LogP contribution in [-0.4, -0.2) is 27.6 Å². The minimum atomic E-state index is -0.957. The third-order valence-electron chi connectivity index (χ3n) is 2.09. The Labute approximate surface area is 145 Å². The Morgan fingerprint density at radius 1 is 0.889 bits per heavy atom. The van der Waals surface area contributed by atoms with E-state index in [0.717, 1.165) is 11.8 Å². The molecule has 0 nitrogen and oxygen atoms in total. The second-order valence-electron chi connectivity index (χ2n) is 6.67. The van der Waals surface area contributed by atoms with Crippen LogP contribution >= 0.6 is 0 Å². The van der Waals surface area contributed by atoms with Crippen molar-refractivity contribution in [1.29, 1.82) is 0 Å². The fraction of sp³-hybridized carbons (Fsp3) is 0.857. The van der Waals surface area contributed by atoms with E-state index in [2.05, 4.69) is 59.1 Å². The molecule has 0 aromatic carbocycles. The van der Waals surface area contributed by atoms with E-state index in [1.165, 1.54) is 4.47 Å². The molecule has 0 fully saturated rings. The Hall–Kier alpha value is 1.71. The molecule has 0 saturated carbocycles. The first kappa shape index (κ1) is 24.7. The predicted octanol–water partition coefficient (Wildman–Crippen LogP) is -0.765. The van der Waals surface area contributed by atoms with Crippen molar-refractivity contribution in [2.45, 2.75) is 60.7 Å². The van der Waals surface area contributed by atoms with Crippen LogP contribution in [0.5, 0.6) is 0 Å². The quantitative estimate of drug-likeness (QED) is 0.392. The fourth-order valence-corrected chi connectivity index (χ4v) is 10.6. The van der Waals surface area contributed by atoms with E-state index in [0.29, 0.717) is 0 Å². The molecule has 0 aliphatic carbocycles. The topological polar surface area (TPSA) is 0 Å². The van der Waals surface area contributed by atoms with Crippen LogP contribution in [0.4, 0.5) is 0 Å². The van der Waals surface area contributed by atoms with Crippen molar-refractivity contribution < 1.29 is 34.0 Å². The molecular formula is C14H31Br2SiTe-. The summed E-state index contributed by atoms with van der Waals surface area (Å²) < 4.78 is 4.57. The molecule has 4 heteroatoms. The first-order valence-electron chi connectivity index (χ1n) is 6.52. The van der Waals surface area contributed by atoms with Crippen LogP contribution in [0.2, 0.25) is 33.0 Å². The van der Waals surface area contributed by atoms with Gasteiger partial charge < -0.3 is 34.0 Å². The Balaban J connectivity index is -0.00000112. The maximum Gasteiger partial charge on any atom is -1.00 e. The van der Waals surface area contributed by atoms with Crippen LogP contribution in [0, 0.1) is 11.8 Å². The van der Waals surface area contributed by atoms with Crippen LogP contribution in [0.25, 0.3) is 0 Å². The average molecular weight is 515 g/mol. The Bertz CT molecular complexity index is 200. The van der Waals surface area contributed by atoms with Gasteiger partial charge in [-0.1, -0.05) is 0 Å². The molecule has 0 saturated heterocycles. The molecule has 0 radical (unpaired) electrons. The smallest absolute Gasteiger partial charge is 1.00 e. The van der Waals surface area contributed by atoms with Gasteiger partial charge in [0.25, 0.3) is 0 Å². The normalized spacial score (nSPS) is 12.1. The van der Waals surface area contributed by atoms with Gasteiger partial charge in [-0.25, -0.2) is 0 Å². The Kier molecular flexibility index (Phi) is 17.1. The van der Waals surface area contributed by atoms with Crippen LogP contribution in [0.1, 0.15) is 27.7 Å². The molecule has 0 aromatic heterocycles. The predicted molar refractivity (Wildman–Crippen MR) is 82.3 cm³/mol. The number of halogens is 2. The number of hydrogen-bond acceptors (Lipinski definition) is 0. The van der Waals surface area contributed by atoms with E-state index in [9.17, 15) is 0 Å². The van der Waals surface area contributed by atoms with Crippen LogP contribution in [-0.2, 0) is 0 Å². The van der Waals surface area contributed by atoms with E-state index in [-0.39, 0.29) is 34.0 Å². The largest absolute Gasteiger partial charge is 1.00 e. The summed E-state index contributed by atoms with van der Waals surface area (Å²) in [5.74, 6) is 1.83. The van der Waals surface area contributed by atoms with Gasteiger partial charge in [0.1, 0.15) is 0 Å². The zero-order chi connectivity index (χ0) is 12.8. The van der Waals surface area contributed by atoms with Gasteiger partial charge in [-0.15, -0.1) is 0 Å². The monoisotopic (exact) mass is 515 g/mol. The molecule has 0 spiro atoms. The van der Waals surface area contributed by atoms with Crippen LogP contribution in [0.15, 0.2) is 11.8 Å². The molecule has 0 heterocycles.